The molecule has 18 heavy (non-hydrogen) atoms. The number of carbonyl (C=O) groups is 2. The Balaban J connectivity index is 2.46. The topological polar surface area (TPSA) is 72.2 Å². The number of imide groups is 1. The van der Waals surface area contributed by atoms with Crippen LogP contribution in [0.1, 0.15) is 31.7 Å². The van der Waals surface area contributed by atoms with Crippen molar-refractivity contribution in [3.8, 4) is 0 Å². The van der Waals surface area contributed by atoms with Gasteiger partial charge in [0.2, 0.25) is 11.8 Å². The van der Waals surface area contributed by atoms with Crippen molar-refractivity contribution in [3.05, 3.63) is 27.3 Å². The molecule has 5 heteroatoms. The molecule has 1 fully saturated rings. The highest BCUT2D eigenvalue weighted by Crippen LogP contribution is 2.37. The van der Waals surface area contributed by atoms with E-state index >= 15 is 0 Å². The zero-order chi connectivity index (χ0) is 13.3. The standard InChI is InChI=1S/C13H15IN2O2/c1-2-13(6-5-11(17)16-12(13)18)8-3-4-10(15)9(14)7-8/h3-4,7H,2,5-6,15H2,1H3,(H,16,17,18)/i14-2. The van der Waals surface area contributed by atoms with Gasteiger partial charge in [-0.2, -0.15) is 0 Å². The van der Waals surface area contributed by atoms with Gasteiger partial charge in [0.1, 0.15) is 0 Å². The van der Waals surface area contributed by atoms with Gasteiger partial charge in [-0.05, 0) is 53.1 Å². The first-order chi connectivity index (χ1) is 8.49. The smallest absolute Gasteiger partial charge is 0.237 e. The minimum Gasteiger partial charge on any atom is -0.398 e. The molecule has 2 rings (SSSR count). The third-order valence-corrected chi connectivity index (χ3v) is 4.56. The van der Waals surface area contributed by atoms with E-state index in [2.05, 4.69) is 27.9 Å². The molecule has 1 aromatic rings. The highest BCUT2D eigenvalue weighted by Gasteiger charge is 2.42. The Morgan fingerprint density at radius 1 is 1.44 bits per heavy atom. The average Bonchev–Trinajstić information content (AvgIpc) is 2.34. The predicted molar refractivity (Wildman–Crippen MR) is 77.9 cm³/mol. The minimum absolute atomic E-state index is 0.186. The molecule has 0 saturated carbocycles. The molecule has 3 N–H and O–H groups in total. The molecule has 4 nitrogen and oxygen atoms in total. The lowest BCUT2D eigenvalue weighted by molar-refractivity contribution is -0.138. The zero-order valence-corrected chi connectivity index (χ0v) is 12.3. The third-order valence-electron chi connectivity index (χ3n) is 3.62. The molecule has 96 valence electrons. The number of hydrogen-bond donors (Lipinski definition) is 2. The second-order valence-corrected chi connectivity index (χ2v) is 5.71. The summed E-state index contributed by atoms with van der Waals surface area (Å²) in [5, 5.41) is 2.44. The number of rotatable bonds is 2. The molecular formula is C13H15IN2O2. The average molecular weight is 356 g/mol. The molecular weight excluding hydrogens is 341 g/mol. The lowest BCUT2D eigenvalue weighted by Gasteiger charge is -2.35. The van der Waals surface area contributed by atoms with E-state index in [-0.39, 0.29) is 11.8 Å². The fraction of sp³-hybridized carbons (Fsp3) is 0.385. The molecule has 1 unspecified atom stereocenters. The number of anilines is 1. The van der Waals surface area contributed by atoms with Gasteiger partial charge in [-0.1, -0.05) is 13.0 Å². The van der Waals surface area contributed by atoms with Crippen molar-refractivity contribution in [2.24, 2.45) is 0 Å². The quantitative estimate of drug-likeness (QED) is 0.483. The van der Waals surface area contributed by atoms with E-state index in [1.807, 2.05) is 25.1 Å². The van der Waals surface area contributed by atoms with Crippen LogP contribution in [0, 0.1) is 3.57 Å². The first-order valence-corrected chi connectivity index (χ1v) is 6.97. The van der Waals surface area contributed by atoms with E-state index in [9.17, 15) is 9.59 Å². The molecule has 1 aliphatic rings. The van der Waals surface area contributed by atoms with Gasteiger partial charge in [0.25, 0.3) is 0 Å². The summed E-state index contributed by atoms with van der Waals surface area (Å²) in [4.78, 5) is 23.5. The second kappa shape index (κ2) is 4.87. The van der Waals surface area contributed by atoms with Crippen LogP contribution in [-0.2, 0) is 15.0 Å². The molecule has 1 saturated heterocycles. The Morgan fingerprint density at radius 2 is 2.17 bits per heavy atom. The Labute approximate surface area is 119 Å². The summed E-state index contributed by atoms with van der Waals surface area (Å²) in [7, 11) is 0. The van der Waals surface area contributed by atoms with Gasteiger partial charge in [0.05, 0.1) is 5.41 Å². The van der Waals surface area contributed by atoms with Crippen LogP contribution in [0.2, 0.25) is 0 Å². The van der Waals surface area contributed by atoms with Gasteiger partial charge in [0, 0.05) is 15.7 Å². The third kappa shape index (κ3) is 2.11. The normalized spacial score (nSPS) is 23.9. The summed E-state index contributed by atoms with van der Waals surface area (Å²) in [6, 6.07) is 5.64. The van der Waals surface area contributed by atoms with E-state index in [0.29, 0.717) is 24.9 Å². The highest BCUT2D eigenvalue weighted by molar-refractivity contribution is 14.1. The maximum atomic E-state index is 12.2. The van der Waals surface area contributed by atoms with Crippen LogP contribution in [0.5, 0.6) is 0 Å². The molecule has 0 spiro atoms. The number of nitrogens with two attached hydrogens (primary N) is 1. The number of nitrogen functional groups attached to an aromatic ring is 1. The van der Waals surface area contributed by atoms with Crippen molar-refractivity contribution < 1.29 is 9.59 Å². The minimum atomic E-state index is -0.596. The van der Waals surface area contributed by atoms with Crippen LogP contribution in [0.3, 0.4) is 0 Å². The summed E-state index contributed by atoms with van der Waals surface area (Å²) >= 11 is 2.16. The van der Waals surface area contributed by atoms with Crippen LogP contribution < -0.4 is 11.1 Å². The lowest BCUT2D eigenvalue weighted by Crippen LogP contribution is -2.51. The second-order valence-electron chi connectivity index (χ2n) is 4.55. The summed E-state index contributed by atoms with van der Waals surface area (Å²) in [5.41, 5.74) is 6.85. The fourth-order valence-electron chi connectivity index (χ4n) is 2.39. The van der Waals surface area contributed by atoms with Gasteiger partial charge < -0.3 is 5.73 Å². The molecule has 0 aliphatic carbocycles. The Bertz CT molecular complexity index is 516. The number of benzene rings is 1. The summed E-state index contributed by atoms with van der Waals surface area (Å²) in [6.07, 6.45) is 1.63. The molecule has 0 aromatic heterocycles. The maximum absolute atomic E-state index is 12.2. The molecule has 1 aliphatic heterocycles. The summed E-state index contributed by atoms with van der Waals surface area (Å²) in [5.74, 6) is -0.379. The van der Waals surface area contributed by atoms with Gasteiger partial charge in [0.15, 0.2) is 0 Å². The van der Waals surface area contributed by atoms with Crippen molar-refractivity contribution in [1.29, 1.82) is 0 Å². The van der Waals surface area contributed by atoms with E-state index in [1.54, 1.807) is 0 Å². The number of amides is 2. The van der Waals surface area contributed by atoms with Crippen LogP contribution in [0.4, 0.5) is 5.69 Å². The van der Waals surface area contributed by atoms with Crippen molar-refractivity contribution in [2.75, 3.05) is 5.73 Å². The molecule has 2 amide bonds. The SMILES string of the molecule is CCC1(c2ccc(N)c([125I])c2)CCC(=O)NC1=O. The van der Waals surface area contributed by atoms with Crippen molar-refractivity contribution >= 4 is 40.1 Å². The van der Waals surface area contributed by atoms with Crippen LogP contribution in [0.15, 0.2) is 18.2 Å². The molecule has 1 heterocycles. The van der Waals surface area contributed by atoms with Crippen molar-refractivity contribution in [2.45, 2.75) is 31.6 Å². The van der Waals surface area contributed by atoms with Gasteiger partial charge in [-0.15, -0.1) is 0 Å². The number of carbonyl (C=O) groups excluding carboxylic acids is 2. The first kappa shape index (κ1) is 13.3. The van der Waals surface area contributed by atoms with E-state index in [1.165, 1.54) is 0 Å². The van der Waals surface area contributed by atoms with Gasteiger partial charge in [-0.25, -0.2) is 0 Å². The summed E-state index contributed by atoms with van der Waals surface area (Å²) < 4.78 is 0.933. The first-order valence-electron chi connectivity index (χ1n) is 5.89. The highest BCUT2D eigenvalue weighted by atomic mass is 125. The van der Waals surface area contributed by atoms with Gasteiger partial charge >= 0.3 is 0 Å². The Morgan fingerprint density at radius 3 is 2.72 bits per heavy atom. The molecule has 0 radical (unpaired) electrons. The number of halogens is 1. The van der Waals surface area contributed by atoms with Crippen molar-refractivity contribution in [1.82, 2.24) is 5.32 Å². The van der Waals surface area contributed by atoms with Crippen LogP contribution in [-0.4, -0.2) is 11.8 Å². The van der Waals surface area contributed by atoms with E-state index in [4.69, 9.17) is 5.73 Å². The molecule has 0 bridgehead atoms. The van der Waals surface area contributed by atoms with Crippen LogP contribution in [0.25, 0.3) is 0 Å². The number of nitrogens with one attached hydrogen (secondary N) is 1. The largest absolute Gasteiger partial charge is 0.398 e. The predicted octanol–water partition coefficient (Wildman–Crippen LogP) is 1.96. The van der Waals surface area contributed by atoms with Gasteiger partial charge in [-0.3, -0.25) is 14.9 Å². The monoisotopic (exact) mass is 356 g/mol. The zero-order valence-electron chi connectivity index (χ0n) is 10.1. The van der Waals surface area contributed by atoms with Crippen molar-refractivity contribution in [3.63, 3.8) is 0 Å². The Kier molecular flexibility index (Phi) is 3.61. The Hall–Kier alpha value is -1.11. The van der Waals surface area contributed by atoms with E-state index < -0.39 is 5.41 Å². The number of hydrogen-bond acceptors (Lipinski definition) is 3. The lowest BCUT2D eigenvalue weighted by atomic mass is 9.72. The van der Waals surface area contributed by atoms with Crippen LogP contribution >= 0.6 is 22.6 Å². The number of piperidine rings is 1. The molecule has 1 aromatic carbocycles. The molecule has 1 atom stereocenters. The maximum Gasteiger partial charge on any atom is 0.237 e. The fourth-order valence-corrected chi connectivity index (χ4v) is 2.91. The van der Waals surface area contributed by atoms with E-state index in [0.717, 1.165) is 9.13 Å². The summed E-state index contributed by atoms with van der Waals surface area (Å²) in [6.45, 7) is 1.97.